The number of fused-ring (bicyclic) bond motifs is 2. The van der Waals surface area contributed by atoms with E-state index in [1.165, 1.54) is 18.2 Å². The number of halogens is 3. The Morgan fingerprint density at radius 3 is 2.69 bits per heavy atom. The zero-order chi connectivity index (χ0) is 25.2. The molecule has 9 nitrogen and oxygen atoms in total. The summed E-state index contributed by atoms with van der Waals surface area (Å²) in [4.78, 5) is 32.4. The van der Waals surface area contributed by atoms with E-state index in [2.05, 4.69) is 25.3 Å². The molecule has 184 valence electrons. The van der Waals surface area contributed by atoms with Gasteiger partial charge in [-0.15, -0.1) is 13.2 Å². The number of aryl methyl sites for hydroxylation is 1. The summed E-state index contributed by atoms with van der Waals surface area (Å²) in [5.74, 6) is -0.470. The molecular weight excluding hydrogens is 487 g/mol. The fourth-order valence-electron chi connectivity index (χ4n) is 3.41. The average Bonchev–Trinajstić information content (AvgIpc) is 3.34. The van der Waals surface area contributed by atoms with Crippen molar-refractivity contribution in [2.45, 2.75) is 19.2 Å². The van der Waals surface area contributed by atoms with Crippen LogP contribution in [-0.4, -0.2) is 50.8 Å². The van der Waals surface area contributed by atoms with E-state index in [0.717, 1.165) is 16.9 Å². The highest BCUT2D eigenvalue weighted by Crippen LogP contribution is 2.33. The van der Waals surface area contributed by atoms with E-state index in [9.17, 15) is 22.8 Å². The maximum Gasteiger partial charge on any atom is 0.573 e. The number of ketones is 1. The molecule has 0 atom stereocenters. The van der Waals surface area contributed by atoms with Crippen LogP contribution >= 0.6 is 11.3 Å². The number of carbonyl (C=O) groups excluding carboxylic acids is 2. The number of amides is 1. The van der Waals surface area contributed by atoms with Crippen LogP contribution in [-0.2, 0) is 11.8 Å². The maximum absolute atomic E-state index is 12.5. The highest BCUT2D eigenvalue weighted by molar-refractivity contribution is 7.22. The Morgan fingerprint density at radius 1 is 1.14 bits per heavy atom. The van der Waals surface area contributed by atoms with Gasteiger partial charge in [0, 0.05) is 31.6 Å². The molecule has 0 bridgehead atoms. The number of aromatic nitrogens is 3. The molecule has 2 aromatic heterocycles. The van der Waals surface area contributed by atoms with Crippen LogP contribution in [0.1, 0.15) is 23.2 Å². The third kappa shape index (κ3) is 5.87. The zero-order valence-electron chi connectivity index (χ0n) is 18.3. The minimum absolute atomic E-state index is 0.103. The van der Waals surface area contributed by atoms with Crippen LogP contribution in [0.5, 0.6) is 5.75 Å². The summed E-state index contributed by atoms with van der Waals surface area (Å²) in [6, 6.07) is 9.06. The number of aliphatic hydroxyl groups is 1. The summed E-state index contributed by atoms with van der Waals surface area (Å²) in [6.07, 6.45) is -4.12. The van der Waals surface area contributed by atoms with Gasteiger partial charge in [-0.2, -0.15) is 0 Å². The predicted octanol–water partition coefficient (Wildman–Crippen LogP) is 3.90. The second kappa shape index (κ2) is 9.88. The third-order valence-electron chi connectivity index (χ3n) is 5.06. The average molecular weight is 507 g/mol. The first-order valence-electron chi connectivity index (χ1n) is 10.4. The van der Waals surface area contributed by atoms with E-state index in [-0.39, 0.29) is 24.5 Å². The minimum atomic E-state index is -4.78. The van der Waals surface area contributed by atoms with Crippen molar-refractivity contribution < 1.29 is 32.6 Å². The topological polar surface area (TPSA) is 118 Å². The molecular formula is C22H20F3N5O4S. The number of Topliss-reactive ketones (excluding diaryl/α,β-unsaturated/α-hetero) is 1. The molecule has 0 spiro atoms. The molecule has 0 unspecified atom stereocenters. The molecule has 2 heterocycles. The molecule has 0 fully saturated rings. The van der Waals surface area contributed by atoms with E-state index >= 15 is 0 Å². The van der Waals surface area contributed by atoms with Gasteiger partial charge in [0.05, 0.1) is 21.3 Å². The van der Waals surface area contributed by atoms with Gasteiger partial charge < -0.3 is 25.0 Å². The molecule has 2 aromatic carbocycles. The number of aliphatic hydroxyl groups excluding tert-OH is 1. The van der Waals surface area contributed by atoms with E-state index in [1.807, 2.05) is 0 Å². The summed E-state index contributed by atoms with van der Waals surface area (Å²) in [5.41, 5.74) is 2.33. The molecule has 1 amide bonds. The molecule has 0 aliphatic carbocycles. The number of anilines is 2. The molecule has 4 rings (SSSR count). The lowest BCUT2D eigenvalue weighted by atomic mass is 10.1. The largest absolute Gasteiger partial charge is 0.573 e. The highest BCUT2D eigenvalue weighted by Gasteiger charge is 2.31. The molecule has 35 heavy (non-hydrogen) atoms. The van der Waals surface area contributed by atoms with Crippen molar-refractivity contribution in [3.63, 3.8) is 0 Å². The molecule has 0 radical (unpaired) electrons. The second-order valence-corrected chi connectivity index (χ2v) is 8.58. The summed E-state index contributed by atoms with van der Waals surface area (Å²) in [5, 5.41) is 14.7. The molecule has 13 heteroatoms. The van der Waals surface area contributed by atoms with Crippen LogP contribution in [0.2, 0.25) is 0 Å². The van der Waals surface area contributed by atoms with Crippen LogP contribution in [0, 0.1) is 0 Å². The van der Waals surface area contributed by atoms with Crippen molar-refractivity contribution in [1.82, 2.24) is 19.9 Å². The number of imidazole rings is 1. The highest BCUT2D eigenvalue weighted by atomic mass is 32.1. The lowest BCUT2D eigenvalue weighted by molar-refractivity contribution is -0.274. The summed E-state index contributed by atoms with van der Waals surface area (Å²) in [7, 11) is 1.78. The van der Waals surface area contributed by atoms with Gasteiger partial charge in [0.2, 0.25) is 11.9 Å². The van der Waals surface area contributed by atoms with Crippen LogP contribution in [0.4, 0.5) is 24.3 Å². The molecule has 4 aromatic rings. The van der Waals surface area contributed by atoms with Crippen molar-refractivity contribution in [2.24, 2.45) is 7.05 Å². The Kier molecular flexibility index (Phi) is 6.89. The van der Waals surface area contributed by atoms with E-state index in [0.29, 0.717) is 38.8 Å². The van der Waals surface area contributed by atoms with Crippen LogP contribution in [0.25, 0.3) is 21.3 Å². The predicted molar refractivity (Wildman–Crippen MR) is 124 cm³/mol. The summed E-state index contributed by atoms with van der Waals surface area (Å²) < 4.78 is 43.7. The van der Waals surface area contributed by atoms with Crippen LogP contribution < -0.4 is 15.4 Å². The Morgan fingerprint density at radius 2 is 1.94 bits per heavy atom. The Labute approximate surface area is 200 Å². The number of rotatable bonds is 9. The molecule has 0 aliphatic heterocycles. The standard InChI is InChI=1S/C22H20F3N5O4S/c1-30-16-7-4-12(17(32)3-2-8-26-19(33)11-31)9-15(16)27-20(30)29-21-28-14-6-5-13(10-18(14)35-21)34-22(23,24)25/h4-7,9-10,31H,2-3,8,11H2,1H3,(H,26,33)(H,27,28,29). The molecule has 0 saturated carbocycles. The van der Waals surface area contributed by atoms with Gasteiger partial charge in [-0.1, -0.05) is 11.3 Å². The zero-order valence-corrected chi connectivity index (χ0v) is 19.2. The van der Waals surface area contributed by atoms with Crippen molar-refractivity contribution in [3.8, 4) is 5.75 Å². The number of nitrogens with zero attached hydrogens (tertiary/aromatic N) is 3. The molecule has 0 aliphatic rings. The Balaban J connectivity index is 1.48. The monoisotopic (exact) mass is 507 g/mol. The number of hydrogen-bond acceptors (Lipinski definition) is 8. The number of ether oxygens (including phenoxy) is 1. The van der Waals surface area contributed by atoms with E-state index in [1.54, 1.807) is 29.8 Å². The fraction of sp³-hybridized carbons (Fsp3) is 0.273. The van der Waals surface area contributed by atoms with Crippen molar-refractivity contribution in [3.05, 3.63) is 42.0 Å². The number of alkyl halides is 3. The number of nitrogens with one attached hydrogen (secondary N) is 2. The van der Waals surface area contributed by atoms with Gasteiger partial charge >= 0.3 is 6.36 Å². The van der Waals surface area contributed by atoms with Gasteiger partial charge in [0.1, 0.15) is 12.4 Å². The van der Waals surface area contributed by atoms with Crippen LogP contribution in [0.15, 0.2) is 36.4 Å². The van der Waals surface area contributed by atoms with Gasteiger partial charge in [-0.05, 0) is 36.8 Å². The van der Waals surface area contributed by atoms with Crippen LogP contribution in [0.3, 0.4) is 0 Å². The van der Waals surface area contributed by atoms with E-state index < -0.39 is 18.9 Å². The smallest absolute Gasteiger partial charge is 0.406 e. The first-order valence-corrected chi connectivity index (χ1v) is 11.2. The molecule has 3 N–H and O–H groups in total. The number of carbonyl (C=O) groups is 2. The minimum Gasteiger partial charge on any atom is -0.406 e. The summed E-state index contributed by atoms with van der Waals surface area (Å²) >= 11 is 1.15. The normalized spacial score (nSPS) is 11.7. The second-order valence-electron chi connectivity index (χ2n) is 7.55. The number of hydrogen-bond donors (Lipinski definition) is 3. The maximum atomic E-state index is 12.5. The van der Waals surface area contributed by atoms with Crippen molar-refractivity contribution >= 4 is 55.4 Å². The third-order valence-corrected chi connectivity index (χ3v) is 6.00. The molecule has 0 saturated heterocycles. The SMILES string of the molecule is Cn1c(Nc2nc3ccc(OC(F)(F)F)cc3s2)nc2cc(C(=O)CCCNC(=O)CO)ccc21. The van der Waals surface area contributed by atoms with Gasteiger partial charge in [0.15, 0.2) is 10.9 Å². The Bertz CT molecular complexity index is 1400. The summed E-state index contributed by atoms with van der Waals surface area (Å²) in [6.45, 7) is -0.303. The fourth-order valence-corrected chi connectivity index (χ4v) is 4.30. The van der Waals surface area contributed by atoms with Gasteiger partial charge in [0.25, 0.3) is 0 Å². The quantitative estimate of drug-likeness (QED) is 0.232. The first-order chi connectivity index (χ1) is 16.6. The van der Waals surface area contributed by atoms with Gasteiger partial charge in [-0.25, -0.2) is 9.97 Å². The Hall–Kier alpha value is -3.71. The number of thiazole rings is 1. The lowest BCUT2D eigenvalue weighted by Gasteiger charge is -2.07. The van der Waals surface area contributed by atoms with Gasteiger partial charge in [-0.3, -0.25) is 9.59 Å². The number of benzene rings is 2. The lowest BCUT2D eigenvalue weighted by Crippen LogP contribution is -2.27. The van der Waals surface area contributed by atoms with Crippen molar-refractivity contribution in [2.75, 3.05) is 18.5 Å². The first kappa shape index (κ1) is 24.4. The van der Waals surface area contributed by atoms with E-state index in [4.69, 9.17) is 5.11 Å². The van der Waals surface area contributed by atoms with Crippen molar-refractivity contribution in [1.29, 1.82) is 0 Å².